The lowest BCUT2D eigenvalue weighted by atomic mass is 10.2. The van der Waals surface area contributed by atoms with E-state index in [1.807, 2.05) is 14.0 Å². The number of nitrogens with zero attached hydrogens (tertiary/aromatic N) is 3. The minimum atomic E-state index is 0.211. The zero-order chi connectivity index (χ0) is 11.3. The summed E-state index contributed by atoms with van der Waals surface area (Å²) in [6.45, 7) is 2.71. The summed E-state index contributed by atoms with van der Waals surface area (Å²) in [6.07, 6.45) is 4.03. The zero-order valence-corrected chi connectivity index (χ0v) is 9.14. The van der Waals surface area contributed by atoms with Crippen LogP contribution < -0.4 is 5.73 Å². The number of nitrogens with two attached hydrogens (primary N) is 1. The maximum Gasteiger partial charge on any atom is 0.142 e. The Morgan fingerprint density at radius 3 is 2.67 bits per heavy atom. The van der Waals surface area contributed by atoms with Gasteiger partial charge in [0, 0.05) is 24.9 Å². The van der Waals surface area contributed by atoms with E-state index in [2.05, 4.69) is 14.9 Å². The van der Waals surface area contributed by atoms with Crippen LogP contribution in [0.1, 0.15) is 19.2 Å². The van der Waals surface area contributed by atoms with Gasteiger partial charge in [-0.3, -0.25) is 10.3 Å². The molecular weight excluding hydrogens is 190 g/mol. The number of amidine groups is 1. The second-order valence-electron chi connectivity index (χ2n) is 3.66. The van der Waals surface area contributed by atoms with Gasteiger partial charge in [-0.1, -0.05) is 0 Å². The van der Waals surface area contributed by atoms with Crippen LogP contribution in [0.2, 0.25) is 0 Å². The number of hydrogen-bond acceptors (Lipinski definition) is 4. The van der Waals surface area contributed by atoms with Gasteiger partial charge < -0.3 is 5.73 Å². The number of nitrogens with one attached hydrogen (secondary N) is 1. The Morgan fingerprint density at radius 1 is 1.53 bits per heavy atom. The first-order chi connectivity index (χ1) is 7.09. The van der Waals surface area contributed by atoms with Crippen LogP contribution in [0, 0.1) is 5.41 Å². The lowest BCUT2D eigenvalue weighted by Crippen LogP contribution is -2.32. The second-order valence-corrected chi connectivity index (χ2v) is 3.66. The molecule has 0 amide bonds. The third-order valence-corrected chi connectivity index (χ3v) is 2.28. The van der Waals surface area contributed by atoms with E-state index < -0.39 is 0 Å². The van der Waals surface area contributed by atoms with E-state index in [1.54, 1.807) is 18.5 Å². The number of hydrogen-bond donors (Lipinski definition) is 2. The Kier molecular flexibility index (Phi) is 4.17. The third-order valence-electron chi connectivity index (χ3n) is 2.28. The average Bonchev–Trinajstić information content (AvgIpc) is 2.18. The molecular formula is C10H17N5. The van der Waals surface area contributed by atoms with Gasteiger partial charge in [0.1, 0.15) is 5.82 Å². The molecule has 1 unspecified atom stereocenters. The van der Waals surface area contributed by atoms with Crippen molar-refractivity contribution in [3.05, 3.63) is 24.3 Å². The Labute approximate surface area is 89.8 Å². The van der Waals surface area contributed by atoms with Gasteiger partial charge in [-0.05, 0) is 20.0 Å². The Bertz CT molecular complexity index is 311. The van der Waals surface area contributed by atoms with E-state index in [4.69, 9.17) is 11.1 Å². The summed E-state index contributed by atoms with van der Waals surface area (Å²) < 4.78 is 0. The Balaban J connectivity index is 2.48. The molecule has 0 saturated heterocycles. The zero-order valence-electron chi connectivity index (χ0n) is 9.14. The number of aromatic nitrogens is 2. The van der Waals surface area contributed by atoms with Crippen molar-refractivity contribution >= 4 is 5.84 Å². The minimum Gasteiger partial charge on any atom is -0.388 e. The molecule has 15 heavy (non-hydrogen) atoms. The molecule has 5 nitrogen and oxygen atoms in total. The molecule has 5 heteroatoms. The van der Waals surface area contributed by atoms with Gasteiger partial charge in [0.2, 0.25) is 0 Å². The summed E-state index contributed by atoms with van der Waals surface area (Å²) in [4.78, 5) is 10.4. The molecule has 82 valence electrons. The maximum absolute atomic E-state index is 7.22. The Hall–Kier alpha value is -1.49. The predicted molar refractivity (Wildman–Crippen MR) is 59.5 cm³/mol. The summed E-state index contributed by atoms with van der Waals surface area (Å²) in [5.41, 5.74) is 5.35. The summed E-state index contributed by atoms with van der Waals surface area (Å²) in [5.74, 6) is 0.999. The molecule has 3 N–H and O–H groups in total. The van der Waals surface area contributed by atoms with Crippen LogP contribution in [0.5, 0.6) is 0 Å². The van der Waals surface area contributed by atoms with Crippen LogP contribution in [-0.2, 0) is 6.54 Å². The maximum atomic E-state index is 7.22. The molecule has 1 heterocycles. The van der Waals surface area contributed by atoms with Crippen LogP contribution in [0.3, 0.4) is 0 Å². The molecule has 0 saturated carbocycles. The molecule has 0 aliphatic carbocycles. The molecule has 0 radical (unpaired) electrons. The highest BCUT2D eigenvalue weighted by atomic mass is 15.1. The van der Waals surface area contributed by atoms with Crippen molar-refractivity contribution in [3.63, 3.8) is 0 Å². The fourth-order valence-corrected chi connectivity index (χ4v) is 1.26. The van der Waals surface area contributed by atoms with Crippen LogP contribution >= 0.6 is 0 Å². The lowest BCUT2D eigenvalue weighted by Gasteiger charge is -2.23. The van der Waals surface area contributed by atoms with Gasteiger partial charge in [0.25, 0.3) is 0 Å². The first kappa shape index (κ1) is 11.6. The lowest BCUT2D eigenvalue weighted by molar-refractivity contribution is 0.248. The molecule has 0 aliphatic rings. The quantitative estimate of drug-likeness (QED) is 0.548. The molecule has 0 fully saturated rings. The highest BCUT2D eigenvalue weighted by Crippen LogP contribution is 2.04. The number of rotatable bonds is 5. The standard InChI is InChI=1S/C10H17N5/c1-8(6-9(11)12)15(2)7-10-13-4-3-5-14-10/h3-5,8H,6-7H2,1-2H3,(H3,11,12). The van der Waals surface area contributed by atoms with Gasteiger partial charge in [0.15, 0.2) is 0 Å². The van der Waals surface area contributed by atoms with E-state index in [0.717, 1.165) is 5.82 Å². The van der Waals surface area contributed by atoms with E-state index in [9.17, 15) is 0 Å². The molecule has 0 aliphatic heterocycles. The van der Waals surface area contributed by atoms with E-state index in [1.165, 1.54) is 0 Å². The van der Waals surface area contributed by atoms with Crippen molar-refractivity contribution in [3.8, 4) is 0 Å². The van der Waals surface area contributed by atoms with Crippen LogP contribution in [-0.4, -0.2) is 33.8 Å². The second kappa shape index (κ2) is 5.41. The van der Waals surface area contributed by atoms with E-state index in [-0.39, 0.29) is 11.9 Å². The SMILES string of the molecule is CC(CC(=N)N)N(C)Cc1ncccn1. The van der Waals surface area contributed by atoms with Gasteiger partial charge in [-0.15, -0.1) is 0 Å². The van der Waals surface area contributed by atoms with Crippen molar-refractivity contribution in [2.24, 2.45) is 5.73 Å². The molecule has 0 aromatic carbocycles. The smallest absolute Gasteiger partial charge is 0.142 e. The third kappa shape index (κ3) is 4.03. The van der Waals surface area contributed by atoms with Crippen LogP contribution in [0.4, 0.5) is 0 Å². The van der Waals surface area contributed by atoms with Gasteiger partial charge in [-0.25, -0.2) is 9.97 Å². The van der Waals surface area contributed by atoms with Crippen molar-refractivity contribution in [1.29, 1.82) is 5.41 Å². The topological polar surface area (TPSA) is 78.9 Å². The molecule has 0 spiro atoms. The van der Waals surface area contributed by atoms with Crippen molar-refractivity contribution < 1.29 is 0 Å². The highest BCUT2D eigenvalue weighted by molar-refractivity contribution is 5.77. The Morgan fingerprint density at radius 2 is 2.13 bits per heavy atom. The van der Waals surface area contributed by atoms with Crippen LogP contribution in [0.25, 0.3) is 0 Å². The van der Waals surface area contributed by atoms with Crippen molar-refractivity contribution in [2.45, 2.75) is 25.9 Å². The van der Waals surface area contributed by atoms with E-state index in [0.29, 0.717) is 13.0 Å². The summed E-state index contributed by atoms with van der Waals surface area (Å²) in [6, 6.07) is 2.02. The summed E-state index contributed by atoms with van der Waals surface area (Å²) in [7, 11) is 1.98. The molecule has 1 aromatic rings. The summed E-state index contributed by atoms with van der Waals surface area (Å²) in [5, 5.41) is 7.22. The van der Waals surface area contributed by atoms with Gasteiger partial charge >= 0.3 is 0 Å². The molecule has 0 bridgehead atoms. The fourth-order valence-electron chi connectivity index (χ4n) is 1.26. The monoisotopic (exact) mass is 207 g/mol. The minimum absolute atomic E-state index is 0.211. The normalized spacial score (nSPS) is 12.7. The molecule has 1 aromatic heterocycles. The molecule has 1 rings (SSSR count). The van der Waals surface area contributed by atoms with E-state index >= 15 is 0 Å². The van der Waals surface area contributed by atoms with Crippen molar-refractivity contribution in [1.82, 2.24) is 14.9 Å². The molecule has 1 atom stereocenters. The van der Waals surface area contributed by atoms with Gasteiger partial charge in [0.05, 0.1) is 12.4 Å². The fraction of sp³-hybridized carbons (Fsp3) is 0.500. The first-order valence-corrected chi connectivity index (χ1v) is 4.88. The average molecular weight is 207 g/mol. The first-order valence-electron chi connectivity index (χ1n) is 4.88. The summed E-state index contributed by atoms with van der Waals surface area (Å²) >= 11 is 0. The largest absolute Gasteiger partial charge is 0.388 e. The highest BCUT2D eigenvalue weighted by Gasteiger charge is 2.11. The van der Waals surface area contributed by atoms with Gasteiger partial charge in [-0.2, -0.15) is 0 Å². The predicted octanol–water partition coefficient (Wildman–Crippen LogP) is 0.623. The van der Waals surface area contributed by atoms with Crippen molar-refractivity contribution in [2.75, 3.05) is 7.05 Å². The van der Waals surface area contributed by atoms with Crippen LogP contribution in [0.15, 0.2) is 18.5 Å².